The van der Waals surface area contributed by atoms with E-state index >= 15 is 0 Å². The van der Waals surface area contributed by atoms with E-state index in [1.54, 1.807) is 29.4 Å². The molecule has 0 atom stereocenters. The van der Waals surface area contributed by atoms with Crippen LogP contribution in [0.25, 0.3) is 0 Å². The Hall–Kier alpha value is -1.99. The highest BCUT2D eigenvalue weighted by atomic mass is 32.2. The molecule has 3 aromatic rings. The molecule has 25 heavy (non-hydrogen) atoms. The number of benzene rings is 1. The molecule has 0 saturated carbocycles. The van der Waals surface area contributed by atoms with E-state index in [1.165, 1.54) is 11.1 Å². The maximum absolute atomic E-state index is 5.80. The van der Waals surface area contributed by atoms with Gasteiger partial charge in [0.15, 0.2) is 4.34 Å². The van der Waals surface area contributed by atoms with Gasteiger partial charge in [-0.05, 0) is 55.7 Å². The summed E-state index contributed by atoms with van der Waals surface area (Å²) in [7, 11) is 0. The predicted octanol–water partition coefficient (Wildman–Crippen LogP) is 4.92. The van der Waals surface area contributed by atoms with Crippen molar-refractivity contribution in [3.63, 3.8) is 0 Å². The smallest absolute Gasteiger partial charge is 0.206 e. The van der Waals surface area contributed by atoms with Crippen molar-refractivity contribution < 1.29 is 9.15 Å². The fraction of sp³-hybridized carbons (Fsp3) is 0.333. The van der Waals surface area contributed by atoms with Crippen molar-refractivity contribution >= 4 is 28.2 Å². The maximum Gasteiger partial charge on any atom is 0.206 e. The molecule has 5 nitrogen and oxygen atoms in total. The minimum absolute atomic E-state index is 0.621. The van der Waals surface area contributed by atoms with Crippen LogP contribution in [0.3, 0.4) is 0 Å². The second-order valence-electron chi connectivity index (χ2n) is 5.60. The summed E-state index contributed by atoms with van der Waals surface area (Å²) in [6.45, 7) is 5.54. The Bertz CT molecular complexity index is 787. The van der Waals surface area contributed by atoms with Crippen LogP contribution in [0.4, 0.5) is 5.13 Å². The normalized spacial score (nSPS) is 10.8. The quantitative estimate of drug-likeness (QED) is 0.423. The van der Waals surface area contributed by atoms with Gasteiger partial charge >= 0.3 is 0 Å². The van der Waals surface area contributed by atoms with Gasteiger partial charge in [0.2, 0.25) is 5.13 Å². The second-order valence-corrected chi connectivity index (χ2v) is 7.92. The number of nitrogens with zero attached hydrogens (tertiary/aromatic N) is 2. The van der Waals surface area contributed by atoms with Crippen LogP contribution in [0, 0.1) is 13.8 Å². The third-order valence-electron chi connectivity index (χ3n) is 3.66. The number of nitrogens with one attached hydrogen (secondary N) is 1. The van der Waals surface area contributed by atoms with Gasteiger partial charge < -0.3 is 14.5 Å². The summed E-state index contributed by atoms with van der Waals surface area (Å²) in [5.41, 5.74) is 2.55. The van der Waals surface area contributed by atoms with Crippen molar-refractivity contribution in [1.82, 2.24) is 10.2 Å². The summed E-state index contributed by atoms with van der Waals surface area (Å²) in [4.78, 5) is 0. The average Bonchev–Trinajstić information content (AvgIpc) is 3.27. The number of ether oxygens (including phenoxy) is 1. The first-order chi connectivity index (χ1) is 12.2. The zero-order valence-electron chi connectivity index (χ0n) is 14.3. The van der Waals surface area contributed by atoms with E-state index in [1.807, 2.05) is 18.2 Å². The Morgan fingerprint density at radius 2 is 2.12 bits per heavy atom. The zero-order chi connectivity index (χ0) is 17.5. The predicted molar refractivity (Wildman–Crippen MR) is 103 cm³/mol. The lowest BCUT2D eigenvalue weighted by Crippen LogP contribution is -1.99. The van der Waals surface area contributed by atoms with Crippen molar-refractivity contribution in [1.29, 1.82) is 0 Å². The van der Waals surface area contributed by atoms with Gasteiger partial charge in [0.1, 0.15) is 11.5 Å². The Labute approximate surface area is 155 Å². The van der Waals surface area contributed by atoms with E-state index in [0.29, 0.717) is 13.2 Å². The molecule has 132 valence electrons. The van der Waals surface area contributed by atoms with Gasteiger partial charge in [0.05, 0.1) is 19.4 Å². The molecule has 7 heteroatoms. The molecule has 0 radical (unpaired) electrons. The summed E-state index contributed by atoms with van der Waals surface area (Å²) in [5.74, 6) is 2.78. The Morgan fingerprint density at radius 3 is 2.92 bits per heavy atom. The van der Waals surface area contributed by atoms with Crippen LogP contribution in [0.1, 0.15) is 23.3 Å². The third kappa shape index (κ3) is 5.51. The highest BCUT2D eigenvalue weighted by Crippen LogP contribution is 2.26. The molecule has 3 rings (SSSR count). The van der Waals surface area contributed by atoms with Gasteiger partial charge in [-0.2, -0.15) is 0 Å². The van der Waals surface area contributed by atoms with Crippen LogP contribution in [-0.4, -0.2) is 22.6 Å². The number of rotatable bonds is 9. The molecular weight excluding hydrogens is 354 g/mol. The molecule has 2 aromatic heterocycles. The number of furan rings is 1. The highest BCUT2D eigenvalue weighted by Gasteiger charge is 2.05. The average molecular weight is 376 g/mol. The summed E-state index contributed by atoms with van der Waals surface area (Å²) in [5, 5.41) is 12.4. The Kier molecular flexibility index (Phi) is 6.36. The Balaban J connectivity index is 1.34. The lowest BCUT2D eigenvalue weighted by molar-refractivity contribution is 0.318. The molecule has 0 aliphatic carbocycles. The Morgan fingerprint density at radius 1 is 1.20 bits per heavy atom. The first kappa shape index (κ1) is 17.8. The van der Waals surface area contributed by atoms with Gasteiger partial charge in [-0.15, -0.1) is 10.2 Å². The topological polar surface area (TPSA) is 60.2 Å². The first-order valence-corrected chi connectivity index (χ1v) is 9.93. The number of thioether (sulfide) groups is 1. The molecule has 0 aliphatic heterocycles. The van der Waals surface area contributed by atoms with Crippen molar-refractivity contribution in [3.8, 4) is 5.75 Å². The van der Waals surface area contributed by atoms with Gasteiger partial charge in [0, 0.05) is 5.75 Å². The minimum atomic E-state index is 0.621. The van der Waals surface area contributed by atoms with Gasteiger partial charge in [-0.25, -0.2) is 0 Å². The van der Waals surface area contributed by atoms with Gasteiger partial charge in [-0.1, -0.05) is 29.2 Å². The monoisotopic (exact) mass is 375 g/mol. The van der Waals surface area contributed by atoms with Gasteiger partial charge in [-0.3, -0.25) is 0 Å². The number of hydrogen-bond donors (Lipinski definition) is 1. The van der Waals surface area contributed by atoms with Crippen molar-refractivity contribution in [2.75, 3.05) is 17.7 Å². The van der Waals surface area contributed by atoms with Crippen LogP contribution in [-0.2, 0) is 6.54 Å². The number of hydrogen-bond acceptors (Lipinski definition) is 7. The molecule has 0 fully saturated rings. The SMILES string of the molecule is Cc1ccc(OCCCSc2nnc(NCc3ccco3)s2)cc1C. The molecule has 1 N–H and O–H groups in total. The molecule has 2 heterocycles. The van der Waals surface area contributed by atoms with Crippen LogP contribution < -0.4 is 10.1 Å². The number of anilines is 1. The molecule has 1 aromatic carbocycles. The number of aromatic nitrogens is 2. The number of aryl methyl sites for hydroxylation is 2. The molecule has 0 saturated heterocycles. The zero-order valence-corrected chi connectivity index (χ0v) is 16.0. The largest absolute Gasteiger partial charge is 0.494 e. The van der Waals surface area contributed by atoms with Crippen LogP contribution in [0.15, 0.2) is 45.4 Å². The standard InChI is InChI=1S/C18H21N3O2S2/c1-13-6-7-15(11-14(13)2)22-9-4-10-24-18-21-20-17(25-18)19-12-16-5-3-8-23-16/h3,5-8,11H,4,9-10,12H2,1-2H3,(H,19,20). The van der Waals surface area contributed by atoms with Crippen molar-refractivity contribution in [2.45, 2.75) is 31.2 Å². The van der Waals surface area contributed by atoms with Crippen LogP contribution in [0.5, 0.6) is 5.75 Å². The molecule has 0 spiro atoms. The van der Waals surface area contributed by atoms with E-state index < -0.39 is 0 Å². The molecular formula is C18H21N3O2S2. The lowest BCUT2D eigenvalue weighted by atomic mass is 10.1. The second kappa shape index (κ2) is 8.92. The van der Waals surface area contributed by atoms with E-state index in [-0.39, 0.29) is 0 Å². The van der Waals surface area contributed by atoms with Gasteiger partial charge in [0.25, 0.3) is 0 Å². The fourth-order valence-electron chi connectivity index (χ4n) is 2.13. The van der Waals surface area contributed by atoms with E-state index in [2.05, 4.69) is 41.5 Å². The maximum atomic E-state index is 5.80. The van der Waals surface area contributed by atoms with Crippen LogP contribution >= 0.6 is 23.1 Å². The lowest BCUT2D eigenvalue weighted by Gasteiger charge is -2.07. The minimum Gasteiger partial charge on any atom is -0.494 e. The molecule has 0 bridgehead atoms. The summed E-state index contributed by atoms with van der Waals surface area (Å²) in [6, 6.07) is 10.0. The molecule has 0 aliphatic rings. The van der Waals surface area contributed by atoms with E-state index in [0.717, 1.165) is 33.2 Å². The molecule has 0 unspecified atom stereocenters. The summed E-state index contributed by atoms with van der Waals surface area (Å²) < 4.78 is 12.0. The molecule has 0 amide bonds. The van der Waals surface area contributed by atoms with E-state index in [9.17, 15) is 0 Å². The van der Waals surface area contributed by atoms with Crippen LogP contribution in [0.2, 0.25) is 0 Å². The highest BCUT2D eigenvalue weighted by molar-refractivity contribution is 8.01. The first-order valence-electron chi connectivity index (χ1n) is 8.13. The summed E-state index contributed by atoms with van der Waals surface area (Å²) >= 11 is 3.27. The van der Waals surface area contributed by atoms with Crippen molar-refractivity contribution in [2.24, 2.45) is 0 Å². The summed E-state index contributed by atoms with van der Waals surface area (Å²) in [6.07, 6.45) is 2.63. The van der Waals surface area contributed by atoms with E-state index in [4.69, 9.17) is 9.15 Å². The third-order valence-corrected chi connectivity index (χ3v) is 5.76. The van der Waals surface area contributed by atoms with Crippen molar-refractivity contribution in [3.05, 3.63) is 53.5 Å². The fourth-order valence-corrected chi connectivity index (χ4v) is 3.86.